The lowest BCUT2D eigenvalue weighted by Gasteiger charge is -2.32. The van der Waals surface area contributed by atoms with E-state index in [1.54, 1.807) is 6.07 Å². The second kappa shape index (κ2) is 6.45. The van der Waals surface area contributed by atoms with Crippen molar-refractivity contribution >= 4 is 0 Å². The highest BCUT2D eigenvalue weighted by Crippen LogP contribution is 2.36. The number of hydrogen-bond acceptors (Lipinski definition) is 3. The summed E-state index contributed by atoms with van der Waals surface area (Å²) in [5.41, 5.74) is 4.78. The van der Waals surface area contributed by atoms with Gasteiger partial charge >= 0.3 is 6.18 Å². The number of alkyl halides is 3. The third-order valence-corrected chi connectivity index (χ3v) is 3.47. The molecule has 0 saturated carbocycles. The Morgan fingerprint density at radius 1 is 1.20 bits per heavy atom. The molecule has 0 radical (unpaired) electrons. The van der Waals surface area contributed by atoms with Gasteiger partial charge in [0.15, 0.2) is 0 Å². The fourth-order valence-corrected chi connectivity index (χ4v) is 2.42. The average molecular weight is 288 g/mol. The zero-order valence-corrected chi connectivity index (χ0v) is 11.2. The maximum atomic E-state index is 12.9. The third-order valence-electron chi connectivity index (χ3n) is 3.47. The van der Waals surface area contributed by atoms with Crippen LogP contribution in [0.3, 0.4) is 0 Å². The Bertz CT molecular complexity index is 429. The zero-order valence-electron chi connectivity index (χ0n) is 11.2. The molecule has 1 aromatic rings. The van der Waals surface area contributed by atoms with Gasteiger partial charge in [0.2, 0.25) is 0 Å². The minimum absolute atomic E-state index is 0.0720. The van der Waals surface area contributed by atoms with Crippen LogP contribution in [0.4, 0.5) is 13.2 Å². The molecule has 0 bridgehead atoms. The number of benzene rings is 1. The Labute approximate surface area is 116 Å². The van der Waals surface area contributed by atoms with Gasteiger partial charge < -0.3 is 15.4 Å². The van der Waals surface area contributed by atoms with Crippen LogP contribution in [0, 0.1) is 0 Å². The topological polar surface area (TPSA) is 38.5 Å². The van der Waals surface area contributed by atoms with Crippen molar-refractivity contribution in [2.45, 2.75) is 25.1 Å². The molecule has 1 aliphatic rings. The average Bonchev–Trinajstić information content (AvgIpc) is 2.41. The van der Waals surface area contributed by atoms with Gasteiger partial charge in [0.1, 0.15) is 11.9 Å². The number of piperidine rings is 1. The molecule has 1 aromatic carbocycles. The van der Waals surface area contributed by atoms with Gasteiger partial charge in [-0.15, -0.1) is 0 Å². The van der Waals surface area contributed by atoms with Gasteiger partial charge in [0.25, 0.3) is 0 Å². The van der Waals surface area contributed by atoms with Crippen molar-refractivity contribution in [3.8, 4) is 5.75 Å². The van der Waals surface area contributed by atoms with Crippen molar-refractivity contribution in [1.29, 1.82) is 0 Å². The molecule has 20 heavy (non-hydrogen) atoms. The van der Waals surface area contributed by atoms with Gasteiger partial charge in [-0.1, -0.05) is 12.1 Å². The van der Waals surface area contributed by atoms with Crippen LogP contribution in [0.1, 0.15) is 18.4 Å². The highest BCUT2D eigenvalue weighted by atomic mass is 19.4. The van der Waals surface area contributed by atoms with E-state index in [1.165, 1.54) is 12.1 Å². The van der Waals surface area contributed by atoms with E-state index in [0.29, 0.717) is 6.54 Å². The van der Waals surface area contributed by atoms with Crippen LogP contribution in [0.25, 0.3) is 0 Å². The van der Waals surface area contributed by atoms with Crippen molar-refractivity contribution in [2.75, 3.05) is 26.2 Å². The monoisotopic (exact) mass is 288 g/mol. The molecule has 0 aliphatic carbocycles. The molecule has 0 unspecified atom stereocenters. The summed E-state index contributed by atoms with van der Waals surface area (Å²) in [5.74, 6) is -0.0720. The van der Waals surface area contributed by atoms with E-state index in [0.717, 1.165) is 38.5 Å². The van der Waals surface area contributed by atoms with E-state index < -0.39 is 11.7 Å². The van der Waals surface area contributed by atoms with Gasteiger partial charge in [-0.25, -0.2) is 0 Å². The predicted octanol–water partition coefficient (Wildman–Crippen LogP) is 2.51. The van der Waals surface area contributed by atoms with Crippen molar-refractivity contribution < 1.29 is 17.9 Å². The highest BCUT2D eigenvalue weighted by Gasteiger charge is 2.34. The lowest BCUT2D eigenvalue weighted by molar-refractivity contribution is -0.139. The quantitative estimate of drug-likeness (QED) is 0.925. The molecule has 2 N–H and O–H groups in total. The molecule has 1 aliphatic heterocycles. The van der Waals surface area contributed by atoms with Gasteiger partial charge in [-0.3, -0.25) is 0 Å². The summed E-state index contributed by atoms with van der Waals surface area (Å²) in [6, 6.07) is 5.38. The molecule has 2 rings (SSSR count). The zero-order chi connectivity index (χ0) is 14.6. The Kier molecular flexibility index (Phi) is 4.88. The Hall–Kier alpha value is -1.27. The normalized spacial score (nSPS) is 18.2. The number of hydrogen-bond donors (Lipinski definition) is 1. The first kappa shape index (κ1) is 15.1. The summed E-state index contributed by atoms with van der Waals surface area (Å²) in [6.07, 6.45) is -3.08. The van der Waals surface area contributed by atoms with Crippen LogP contribution in [-0.4, -0.2) is 37.2 Å². The summed E-state index contributed by atoms with van der Waals surface area (Å²) < 4.78 is 44.2. The van der Waals surface area contributed by atoms with Crippen molar-refractivity contribution in [3.05, 3.63) is 29.8 Å². The largest absolute Gasteiger partial charge is 0.490 e. The van der Waals surface area contributed by atoms with E-state index in [4.69, 9.17) is 10.5 Å². The number of para-hydroxylation sites is 1. The molecule has 1 fully saturated rings. The fraction of sp³-hybridized carbons (Fsp3) is 0.571. The number of ether oxygens (including phenoxy) is 1. The Morgan fingerprint density at radius 3 is 2.45 bits per heavy atom. The molecular weight excluding hydrogens is 269 g/mol. The maximum Gasteiger partial charge on any atom is 0.419 e. The van der Waals surface area contributed by atoms with E-state index >= 15 is 0 Å². The molecule has 0 atom stereocenters. The van der Waals surface area contributed by atoms with E-state index in [2.05, 4.69) is 4.90 Å². The molecule has 112 valence electrons. The molecule has 1 saturated heterocycles. The van der Waals surface area contributed by atoms with E-state index in [9.17, 15) is 13.2 Å². The SMILES string of the molecule is NCCN1CCC(Oc2ccccc2C(F)(F)F)CC1. The first-order valence-corrected chi connectivity index (χ1v) is 6.76. The molecular formula is C14H19F3N2O. The van der Waals surface area contributed by atoms with Crippen molar-refractivity contribution in [2.24, 2.45) is 5.73 Å². The molecule has 0 aromatic heterocycles. The van der Waals surface area contributed by atoms with Gasteiger partial charge in [0, 0.05) is 26.2 Å². The maximum absolute atomic E-state index is 12.9. The lowest BCUT2D eigenvalue weighted by Crippen LogP contribution is -2.40. The first-order chi connectivity index (χ1) is 9.50. The van der Waals surface area contributed by atoms with E-state index in [-0.39, 0.29) is 11.9 Å². The van der Waals surface area contributed by atoms with Crippen LogP contribution >= 0.6 is 0 Å². The van der Waals surface area contributed by atoms with Gasteiger partial charge in [-0.2, -0.15) is 13.2 Å². The summed E-state index contributed by atoms with van der Waals surface area (Å²) in [6.45, 7) is 3.06. The number of nitrogens with two attached hydrogens (primary N) is 1. The number of halogens is 3. The number of likely N-dealkylation sites (tertiary alicyclic amines) is 1. The Balaban J connectivity index is 1.98. The van der Waals surface area contributed by atoms with Crippen LogP contribution in [-0.2, 0) is 6.18 Å². The van der Waals surface area contributed by atoms with Crippen LogP contribution in [0.2, 0.25) is 0 Å². The predicted molar refractivity (Wildman–Crippen MR) is 70.6 cm³/mol. The molecule has 0 amide bonds. The standard InChI is InChI=1S/C14H19F3N2O/c15-14(16,17)12-3-1-2-4-13(12)20-11-5-8-19(9-6-11)10-7-18/h1-4,11H,5-10,18H2. The molecule has 3 nitrogen and oxygen atoms in total. The minimum Gasteiger partial charge on any atom is -0.490 e. The van der Waals surface area contributed by atoms with Gasteiger partial charge in [0.05, 0.1) is 5.56 Å². The molecule has 0 spiro atoms. The highest BCUT2D eigenvalue weighted by molar-refractivity contribution is 5.35. The minimum atomic E-state index is -4.38. The summed E-state index contributed by atoms with van der Waals surface area (Å²) in [5, 5.41) is 0. The lowest BCUT2D eigenvalue weighted by atomic mass is 10.1. The summed E-state index contributed by atoms with van der Waals surface area (Å²) in [7, 11) is 0. The van der Waals surface area contributed by atoms with Crippen LogP contribution < -0.4 is 10.5 Å². The number of nitrogens with zero attached hydrogens (tertiary/aromatic N) is 1. The second-order valence-corrected chi connectivity index (χ2v) is 4.94. The van der Waals surface area contributed by atoms with Crippen LogP contribution in [0.5, 0.6) is 5.75 Å². The van der Waals surface area contributed by atoms with Crippen LogP contribution in [0.15, 0.2) is 24.3 Å². The summed E-state index contributed by atoms with van der Waals surface area (Å²) >= 11 is 0. The fourth-order valence-electron chi connectivity index (χ4n) is 2.42. The Morgan fingerprint density at radius 2 is 1.85 bits per heavy atom. The van der Waals surface area contributed by atoms with E-state index in [1.807, 2.05) is 0 Å². The molecule has 6 heteroatoms. The molecule has 1 heterocycles. The smallest absolute Gasteiger partial charge is 0.419 e. The van der Waals surface area contributed by atoms with Crippen molar-refractivity contribution in [3.63, 3.8) is 0 Å². The first-order valence-electron chi connectivity index (χ1n) is 6.76. The van der Waals surface area contributed by atoms with Crippen molar-refractivity contribution in [1.82, 2.24) is 4.90 Å². The van der Waals surface area contributed by atoms with Gasteiger partial charge in [-0.05, 0) is 25.0 Å². The second-order valence-electron chi connectivity index (χ2n) is 4.94. The third kappa shape index (κ3) is 3.86. The summed E-state index contributed by atoms with van der Waals surface area (Å²) in [4.78, 5) is 2.20. The number of rotatable bonds is 4.